The number of rotatable bonds is 7. The first-order chi connectivity index (χ1) is 17.0. The molecule has 0 saturated heterocycles. The summed E-state index contributed by atoms with van der Waals surface area (Å²) < 4.78 is 0. The van der Waals surface area contributed by atoms with Gasteiger partial charge in [-0.25, -0.2) is 4.79 Å². The number of benzene rings is 4. The maximum absolute atomic E-state index is 13.2. The average molecular weight is 504 g/mol. The number of anilines is 1. The normalized spacial score (nSPS) is 12.3. The number of halogens is 2. The van der Waals surface area contributed by atoms with Crippen LogP contribution < -0.4 is 16.0 Å². The predicted octanol–water partition coefficient (Wildman–Crippen LogP) is 7.03. The first kappa shape index (κ1) is 24.3. The van der Waals surface area contributed by atoms with Gasteiger partial charge >= 0.3 is 6.03 Å². The fourth-order valence-electron chi connectivity index (χ4n) is 3.70. The van der Waals surface area contributed by atoms with Crippen LogP contribution in [0, 0.1) is 0 Å². The maximum atomic E-state index is 13.2. The van der Waals surface area contributed by atoms with Gasteiger partial charge in [-0.1, -0.05) is 83.9 Å². The fraction of sp³-hybridized carbons (Fsp3) is 0.0714. The number of carbonyl (C=O) groups is 2. The molecule has 35 heavy (non-hydrogen) atoms. The van der Waals surface area contributed by atoms with Crippen molar-refractivity contribution in [1.29, 1.82) is 0 Å². The molecule has 0 aliphatic rings. The van der Waals surface area contributed by atoms with Gasteiger partial charge in [0.25, 0.3) is 5.91 Å². The standard InChI is InChI=1S/C28H23Cl2N3O2/c29-22-15-11-19(12-16-22)25(32-27(34)21-7-3-1-4-8-21)26(20-13-17-23(30)18-14-20)33-28(35)31-24-9-5-2-6-10-24/h1-18,25-26H,(H,32,34)(H2,31,33,35)/t25-,26+/m0/s1. The Kier molecular flexibility index (Phi) is 8.03. The summed E-state index contributed by atoms with van der Waals surface area (Å²) in [7, 11) is 0. The predicted molar refractivity (Wildman–Crippen MR) is 141 cm³/mol. The molecule has 0 saturated carbocycles. The Morgan fingerprint density at radius 2 is 1.03 bits per heavy atom. The van der Waals surface area contributed by atoms with Gasteiger partial charge in [-0.15, -0.1) is 0 Å². The van der Waals surface area contributed by atoms with Gasteiger partial charge in [0.15, 0.2) is 0 Å². The highest BCUT2D eigenvalue weighted by molar-refractivity contribution is 6.30. The van der Waals surface area contributed by atoms with Crippen LogP contribution >= 0.6 is 23.2 Å². The minimum atomic E-state index is -0.621. The zero-order chi connectivity index (χ0) is 24.6. The van der Waals surface area contributed by atoms with Gasteiger partial charge < -0.3 is 16.0 Å². The molecule has 2 atom stereocenters. The summed E-state index contributed by atoms with van der Waals surface area (Å²) in [6, 6.07) is 30.7. The monoisotopic (exact) mass is 503 g/mol. The molecule has 7 heteroatoms. The molecule has 176 valence electrons. The summed E-state index contributed by atoms with van der Waals surface area (Å²) >= 11 is 12.2. The Bertz CT molecular complexity index is 1270. The Morgan fingerprint density at radius 1 is 0.571 bits per heavy atom. The van der Waals surface area contributed by atoms with Gasteiger partial charge in [-0.2, -0.15) is 0 Å². The molecule has 3 N–H and O–H groups in total. The lowest BCUT2D eigenvalue weighted by atomic mass is 9.93. The number of hydrogen-bond donors (Lipinski definition) is 3. The van der Waals surface area contributed by atoms with Crippen molar-refractivity contribution in [3.63, 3.8) is 0 Å². The van der Waals surface area contributed by atoms with E-state index < -0.39 is 18.1 Å². The number of para-hydroxylation sites is 1. The average Bonchev–Trinajstić information content (AvgIpc) is 2.88. The van der Waals surface area contributed by atoms with Crippen LogP contribution in [0.1, 0.15) is 33.6 Å². The van der Waals surface area contributed by atoms with E-state index in [1.54, 1.807) is 60.7 Å². The second-order valence-corrected chi connectivity index (χ2v) is 8.74. The number of hydrogen-bond acceptors (Lipinski definition) is 2. The van der Waals surface area contributed by atoms with Crippen molar-refractivity contribution in [2.45, 2.75) is 12.1 Å². The van der Waals surface area contributed by atoms with Crippen molar-refractivity contribution in [2.75, 3.05) is 5.32 Å². The molecule has 0 heterocycles. The van der Waals surface area contributed by atoms with Crippen molar-refractivity contribution in [3.05, 3.63) is 136 Å². The molecular weight excluding hydrogens is 481 g/mol. The van der Waals surface area contributed by atoms with Crippen molar-refractivity contribution in [3.8, 4) is 0 Å². The van der Waals surface area contributed by atoms with E-state index in [1.807, 2.05) is 48.5 Å². The van der Waals surface area contributed by atoms with Crippen LogP contribution in [-0.4, -0.2) is 11.9 Å². The van der Waals surface area contributed by atoms with Gasteiger partial charge in [0, 0.05) is 21.3 Å². The molecule has 0 radical (unpaired) electrons. The molecule has 4 rings (SSSR count). The van der Waals surface area contributed by atoms with Crippen molar-refractivity contribution in [1.82, 2.24) is 10.6 Å². The van der Waals surface area contributed by atoms with Crippen LogP contribution in [0.5, 0.6) is 0 Å². The van der Waals surface area contributed by atoms with Crippen molar-refractivity contribution >= 4 is 40.8 Å². The van der Waals surface area contributed by atoms with E-state index in [2.05, 4.69) is 16.0 Å². The van der Waals surface area contributed by atoms with Crippen LogP contribution in [0.25, 0.3) is 0 Å². The largest absolute Gasteiger partial charge is 0.343 e. The molecule has 4 aromatic rings. The quantitative estimate of drug-likeness (QED) is 0.253. The Hall–Kier alpha value is -3.80. The molecule has 0 aliphatic carbocycles. The summed E-state index contributed by atoms with van der Waals surface area (Å²) in [4.78, 5) is 26.2. The van der Waals surface area contributed by atoms with Crippen LogP contribution in [0.2, 0.25) is 10.0 Å². The summed E-state index contributed by atoms with van der Waals surface area (Å²) in [6.07, 6.45) is 0. The summed E-state index contributed by atoms with van der Waals surface area (Å²) in [5.74, 6) is -0.269. The van der Waals surface area contributed by atoms with E-state index in [1.165, 1.54) is 0 Å². The smallest absolute Gasteiger partial charge is 0.319 e. The van der Waals surface area contributed by atoms with E-state index in [0.717, 1.165) is 11.1 Å². The molecule has 0 bridgehead atoms. The highest BCUT2D eigenvalue weighted by Crippen LogP contribution is 2.31. The molecule has 0 fully saturated rings. The van der Waals surface area contributed by atoms with Gasteiger partial charge in [0.1, 0.15) is 0 Å². The van der Waals surface area contributed by atoms with E-state index in [0.29, 0.717) is 21.3 Å². The van der Waals surface area contributed by atoms with Gasteiger partial charge in [-0.05, 0) is 59.7 Å². The summed E-state index contributed by atoms with van der Waals surface area (Å²) in [6.45, 7) is 0. The molecule has 5 nitrogen and oxygen atoms in total. The van der Waals surface area contributed by atoms with Crippen molar-refractivity contribution in [2.24, 2.45) is 0 Å². The Morgan fingerprint density at radius 3 is 1.54 bits per heavy atom. The topological polar surface area (TPSA) is 70.2 Å². The molecule has 0 aromatic heterocycles. The number of carbonyl (C=O) groups excluding carboxylic acids is 2. The number of nitrogens with one attached hydrogen (secondary N) is 3. The highest BCUT2D eigenvalue weighted by Gasteiger charge is 2.29. The number of amides is 3. The molecular formula is C28H23Cl2N3O2. The third-order valence-corrected chi connectivity index (χ3v) is 5.94. The van der Waals surface area contributed by atoms with Gasteiger partial charge in [-0.3, -0.25) is 4.79 Å². The lowest BCUT2D eigenvalue weighted by Gasteiger charge is -2.30. The van der Waals surface area contributed by atoms with Crippen LogP contribution in [-0.2, 0) is 0 Å². The van der Waals surface area contributed by atoms with E-state index in [9.17, 15) is 9.59 Å². The van der Waals surface area contributed by atoms with Crippen LogP contribution in [0.15, 0.2) is 109 Å². The zero-order valence-corrected chi connectivity index (χ0v) is 20.1. The van der Waals surface area contributed by atoms with Gasteiger partial charge in [0.2, 0.25) is 0 Å². The second-order valence-electron chi connectivity index (χ2n) is 7.86. The molecule has 3 amide bonds. The molecule has 0 spiro atoms. The second kappa shape index (κ2) is 11.6. The molecule has 0 unspecified atom stereocenters. The maximum Gasteiger partial charge on any atom is 0.319 e. The van der Waals surface area contributed by atoms with Crippen LogP contribution in [0.4, 0.5) is 10.5 Å². The van der Waals surface area contributed by atoms with E-state index in [4.69, 9.17) is 23.2 Å². The minimum absolute atomic E-state index is 0.269. The Balaban J connectivity index is 1.70. The SMILES string of the molecule is O=C(Nc1ccccc1)N[C@H](c1ccc(Cl)cc1)[C@@H](NC(=O)c1ccccc1)c1ccc(Cl)cc1. The lowest BCUT2D eigenvalue weighted by molar-refractivity contribution is 0.0927. The lowest BCUT2D eigenvalue weighted by Crippen LogP contribution is -2.42. The van der Waals surface area contributed by atoms with Crippen LogP contribution in [0.3, 0.4) is 0 Å². The highest BCUT2D eigenvalue weighted by atomic mass is 35.5. The fourth-order valence-corrected chi connectivity index (χ4v) is 3.95. The minimum Gasteiger partial charge on any atom is -0.343 e. The van der Waals surface area contributed by atoms with Gasteiger partial charge in [0.05, 0.1) is 12.1 Å². The van der Waals surface area contributed by atoms with Crippen molar-refractivity contribution < 1.29 is 9.59 Å². The van der Waals surface area contributed by atoms with E-state index >= 15 is 0 Å². The first-order valence-corrected chi connectivity index (χ1v) is 11.7. The number of urea groups is 1. The third kappa shape index (κ3) is 6.63. The summed E-state index contributed by atoms with van der Waals surface area (Å²) in [5.41, 5.74) is 2.70. The zero-order valence-electron chi connectivity index (χ0n) is 18.6. The molecule has 0 aliphatic heterocycles. The third-order valence-electron chi connectivity index (χ3n) is 5.43. The molecule has 4 aromatic carbocycles. The first-order valence-electron chi connectivity index (χ1n) is 11.0. The Labute approximate surface area is 214 Å². The van der Waals surface area contributed by atoms with E-state index in [-0.39, 0.29) is 5.91 Å². The summed E-state index contributed by atoms with van der Waals surface area (Å²) in [5, 5.41) is 10.1.